The van der Waals surface area contributed by atoms with Crippen LogP contribution in [0.4, 0.5) is 20.7 Å². The van der Waals surface area contributed by atoms with Crippen molar-refractivity contribution in [3.63, 3.8) is 0 Å². The third kappa shape index (κ3) is 4.11. The van der Waals surface area contributed by atoms with E-state index in [2.05, 4.69) is 32.7 Å². The molecule has 3 rings (SSSR count). The summed E-state index contributed by atoms with van der Waals surface area (Å²) in [5.41, 5.74) is 0.557. The monoisotopic (exact) mass is 351 g/mol. The average molecular weight is 352 g/mol. The zero-order valence-electron chi connectivity index (χ0n) is 12.8. The number of halogens is 1. The molecule has 0 unspecified atom stereocenters. The van der Waals surface area contributed by atoms with Gasteiger partial charge in [0.05, 0.1) is 10.7 Å². The lowest BCUT2D eigenvalue weighted by Gasteiger charge is -2.29. The molecular weight excluding hydrogens is 334 g/mol. The van der Waals surface area contributed by atoms with Gasteiger partial charge in [-0.1, -0.05) is 42.0 Å². The molecule has 1 atom stereocenters. The Balaban J connectivity index is 1.60. The number of urea groups is 1. The number of hydrogen-bond acceptors (Lipinski definition) is 5. The lowest BCUT2D eigenvalue weighted by atomic mass is 10.0. The minimum atomic E-state index is -0.382. The summed E-state index contributed by atoms with van der Waals surface area (Å²) < 4.78 is 0. The van der Waals surface area contributed by atoms with Crippen LogP contribution in [0, 0.1) is 5.92 Å². The molecule has 2 N–H and O–H groups in total. The molecule has 1 aromatic carbocycles. The Kier molecular flexibility index (Phi) is 4.97. The third-order valence-corrected chi connectivity index (χ3v) is 4.91. The topological polar surface area (TPSA) is 70.2 Å². The zero-order valence-corrected chi connectivity index (χ0v) is 14.3. The van der Waals surface area contributed by atoms with Crippen LogP contribution in [0.1, 0.15) is 19.8 Å². The number of carbonyl (C=O) groups is 1. The molecule has 0 bridgehead atoms. The number of anilines is 3. The van der Waals surface area contributed by atoms with Crippen LogP contribution in [0.3, 0.4) is 0 Å². The van der Waals surface area contributed by atoms with E-state index in [9.17, 15) is 4.79 Å². The van der Waals surface area contributed by atoms with Crippen LogP contribution in [0.5, 0.6) is 0 Å². The number of aromatic nitrogens is 2. The summed E-state index contributed by atoms with van der Waals surface area (Å²) in [6.45, 7) is 4.22. The number of amides is 2. The number of rotatable bonds is 3. The molecule has 1 saturated heterocycles. The van der Waals surface area contributed by atoms with Gasteiger partial charge in [0.2, 0.25) is 10.3 Å². The van der Waals surface area contributed by atoms with Gasteiger partial charge in [-0.2, -0.15) is 0 Å². The summed E-state index contributed by atoms with van der Waals surface area (Å²) in [5, 5.41) is 15.4. The average Bonchev–Trinajstić information content (AvgIpc) is 2.98. The van der Waals surface area contributed by atoms with Gasteiger partial charge in [-0.25, -0.2) is 4.79 Å². The van der Waals surface area contributed by atoms with Gasteiger partial charge in [-0.3, -0.25) is 5.32 Å². The number of benzene rings is 1. The van der Waals surface area contributed by atoms with Crippen molar-refractivity contribution in [2.75, 3.05) is 28.6 Å². The third-order valence-electron chi connectivity index (χ3n) is 3.68. The maximum atomic E-state index is 12.0. The first-order valence-corrected chi connectivity index (χ1v) is 8.72. The molecule has 8 heteroatoms. The van der Waals surface area contributed by atoms with Crippen LogP contribution in [-0.2, 0) is 0 Å². The molecule has 1 aliphatic heterocycles. The van der Waals surface area contributed by atoms with E-state index >= 15 is 0 Å². The van der Waals surface area contributed by atoms with E-state index < -0.39 is 0 Å². The van der Waals surface area contributed by atoms with Gasteiger partial charge < -0.3 is 10.2 Å². The Morgan fingerprint density at radius 2 is 2.17 bits per heavy atom. The predicted octanol–water partition coefficient (Wildman–Crippen LogP) is 4.07. The van der Waals surface area contributed by atoms with Gasteiger partial charge in [0.15, 0.2) is 0 Å². The van der Waals surface area contributed by atoms with Crippen molar-refractivity contribution in [3.05, 3.63) is 29.3 Å². The molecule has 2 amide bonds. The van der Waals surface area contributed by atoms with Crippen molar-refractivity contribution in [2.45, 2.75) is 19.8 Å². The SMILES string of the molecule is C[C@@H]1CCCN(c2nnc(NC(=O)Nc3ccccc3Cl)s2)C1. The van der Waals surface area contributed by atoms with E-state index in [-0.39, 0.29) is 6.03 Å². The van der Waals surface area contributed by atoms with Gasteiger partial charge in [0, 0.05) is 13.1 Å². The second-order valence-corrected chi connectivity index (χ2v) is 7.01. The van der Waals surface area contributed by atoms with E-state index in [4.69, 9.17) is 11.6 Å². The Labute approximate surface area is 143 Å². The molecule has 0 radical (unpaired) electrons. The van der Waals surface area contributed by atoms with Crippen LogP contribution in [0.2, 0.25) is 5.02 Å². The molecule has 2 aromatic rings. The second-order valence-electron chi connectivity index (χ2n) is 5.64. The molecule has 1 aliphatic rings. The molecule has 1 fully saturated rings. The molecule has 0 aliphatic carbocycles. The van der Waals surface area contributed by atoms with Gasteiger partial charge in [0.25, 0.3) is 0 Å². The molecule has 6 nitrogen and oxygen atoms in total. The Morgan fingerprint density at radius 1 is 1.35 bits per heavy atom. The van der Waals surface area contributed by atoms with Crippen molar-refractivity contribution < 1.29 is 4.79 Å². The molecule has 0 spiro atoms. The summed E-state index contributed by atoms with van der Waals surface area (Å²) >= 11 is 7.40. The zero-order chi connectivity index (χ0) is 16.2. The highest BCUT2D eigenvalue weighted by Crippen LogP contribution is 2.28. The summed E-state index contributed by atoms with van der Waals surface area (Å²) in [4.78, 5) is 14.2. The maximum Gasteiger partial charge on any atom is 0.325 e. The lowest BCUT2D eigenvalue weighted by Crippen LogP contribution is -2.34. The van der Waals surface area contributed by atoms with Gasteiger partial charge >= 0.3 is 6.03 Å². The fourth-order valence-corrected chi connectivity index (χ4v) is 3.53. The first kappa shape index (κ1) is 16.0. The largest absolute Gasteiger partial charge is 0.346 e. The van der Waals surface area contributed by atoms with E-state index in [1.165, 1.54) is 17.8 Å². The molecule has 23 heavy (non-hydrogen) atoms. The normalized spacial score (nSPS) is 17.8. The second kappa shape index (κ2) is 7.14. The minimum absolute atomic E-state index is 0.382. The van der Waals surface area contributed by atoms with Crippen LogP contribution in [0.15, 0.2) is 24.3 Å². The van der Waals surface area contributed by atoms with Crippen molar-refractivity contribution >= 4 is 44.9 Å². The highest BCUT2D eigenvalue weighted by atomic mass is 35.5. The number of piperidine rings is 1. The van der Waals surface area contributed by atoms with E-state index in [1.807, 2.05) is 12.1 Å². The summed E-state index contributed by atoms with van der Waals surface area (Å²) in [7, 11) is 0. The summed E-state index contributed by atoms with van der Waals surface area (Å²) in [6.07, 6.45) is 2.41. The van der Waals surface area contributed by atoms with Crippen LogP contribution >= 0.6 is 22.9 Å². The van der Waals surface area contributed by atoms with Crippen LogP contribution in [-0.4, -0.2) is 29.3 Å². The van der Waals surface area contributed by atoms with Crippen molar-refractivity contribution in [3.8, 4) is 0 Å². The number of hydrogen-bond donors (Lipinski definition) is 2. The highest BCUT2D eigenvalue weighted by molar-refractivity contribution is 7.19. The fourth-order valence-electron chi connectivity index (χ4n) is 2.57. The van der Waals surface area contributed by atoms with Gasteiger partial charge in [0.1, 0.15) is 0 Å². The van der Waals surface area contributed by atoms with Crippen molar-refractivity contribution in [1.82, 2.24) is 10.2 Å². The van der Waals surface area contributed by atoms with Crippen LogP contribution in [0.25, 0.3) is 0 Å². The molecular formula is C15H18ClN5OS. The quantitative estimate of drug-likeness (QED) is 0.874. The first-order valence-electron chi connectivity index (χ1n) is 7.53. The number of para-hydroxylation sites is 1. The van der Waals surface area contributed by atoms with Crippen LogP contribution < -0.4 is 15.5 Å². The van der Waals surface area contributed by atoms with Crippen molar-refractivity contribution in [1.29, 1.82) is 0 Å². The minimum Gasteiger partial charge on any atom is -0.346 e. The smallest absolute Gasteiger partial charge is 0.325 e. The van der Waals surface area contributed by atoms with E-state index in [0.717, 1.165) is 24.6 Å². The molecule has 0 saturated carbocycles. The fraction of sp³-hybridized carbons (Fsp3) is 0.400. The van der Waals surface area contributed by atoms with Gasteiger partial charge in [-0.15, -0.1) is 10.2 Å². The Morgan fingerprint density at radius 3 is 2.96 bits per heavy atom. The summed E-state index contributed by atoms with van der Waals surface area (Å²) in [6, 6.07) is 6.69. The highest BCUT2D eigenvalue weighted by Gasteiger charge is 2.20. The lowest BCUT2D eigenvalue weighted by molar-refractivity contribution is 0.262. The van der Waals surface area contributed by atoms with E-state index in [1.54, 1.807) is 12.1 Å². The first-order chi connectivity index (χ1) is 11.1. The Bertz CT molecular complexity index is 692. The van der Waals surface area contributed by atoms with Crippen molar-refractivity contribution in [2.24, 2.45) is 5.92 Å². The van der Waals surface area contributed by atoms with E-state index in [0.29, 0.717) is 21.8 Å². The summed E-state index contributed by atoms with van der Waals surface area (Å²) in [5.74, 6) is 0.660. The van der Waals surface area contributed by atoms with Gasteiger partial charge in [-0.05, 0) is 30.9 Å². The number of nitrogens with one attached hydrogen (secondary N) is 2. The number of carbonyl (C=O) groups excluding carboxylic acids is 1. The standard InChI is InChI=1S/C15H18ClN5OS/c1-10-5-4-8-21(9-10)15-20-19-14(23-15)18-13(22)17-12-7-3-2-6-11(12)16/h2-3,6-7,10H,4-5,8-9H2,1H3,(H2,17,18,19,22)/t10-/m1/s1. The molecule has 2 heterocycles. The Hall–Kier alpha value is -1.86. The molecule has 122 valence electrons. The molecule has 1 aromatic heterocycles. The number of nitrogens with zero attached hydrogens (tertiary/aromatic N) is 3. The maximum absolute atomic E-state index is 12.0. The predicted molar refractivity (Wildman–Crippen MR) is 94.6 cm³/mol.